The maximum Gasteiger partial charge on any atom is 0.338 e. The van der Waals surface area contributed by atoms with E-state index in [2.05, 4.69) is 18.9 Å². The molecule has 0 saturated heterocycles. The van der Waals surface area contributed by atoms with Gasteiger partial charge in [-0.05, 0) is 37.6 Å². The van der Waals surface area contributed by atoms with Crippen LogP contribution in [0.25, 0.3) is 0 Å². The van der Waals surface area contributed by atoms with Gasteiger partial charge in [0.25, 0.3) is 0 Å². The lowest BCUT2D eigenvalue weighted by Crippen LogP contribution is -2.04. The third kappa shape index (κ3) is 3.85. The standard InChI is InChI=1S/C15H17FN2O2S/c1-3-10(2)18-7-6-11(17-18)9-21-12-4-5-14(16)13(8-12)15(19)20/h4-8,10H,3,9H2,1-2H3,(H,19,20). The van der Waals surface area contributed by atoms with E-state index in [9.17, 15) is 9.18 Å². The first kappa shape index (κ1) is 15.6. The lowest BCUT2D eigenvalue weighted by molar-refractivity contribution is 0.0691. The van der Waals surface area contributed by atoms with E-state index in [4.69, 9.17) is 5.11 Å². The fourth-order valence-corrected chi connectivity index (χ4v) is 2.64. The highest BCUT2D eigenvalue weighted by molar-refractivity contribution is 7.98. The monoisotopic (exact) mass is 308 g/mol. The van der Waals surface area contributed by atoms with Gasteiger partial charge in [0.2, 0.25) is 0 Å². The average Bonchev–Trinajstić information content (AvgIpc) is 2.94. The summed E-state index contributed by atoms with van der Waals surface area (Å²) in [6, 6.07) is 6.42. The number of carboxylic acid groups (broad SMARTS) is 1. The molecular weight excluding hydrogens is 291 g/mol. The van der Waals surface area contributed by atoms with Crippen molar-refractivity contribution < 1.29 is 14.3 Å². The van der Waals surface area contributed by atoms with Crippen LogP contribution in [-0.4, -0.2) is 20.9 Å². The fourth-order valence-electron chi connectivity index (χ4n) is 1.80. The summed E-state index contributed by atoms with van der Waals surface area (Å²) >= 11 is 1.44. The van der Waals surface area contributed by atoms with Crippen LogP contribution in [0.5, 0.6) is 0 Å². The molecule has 2 aromatic rings. The van der Waals surface area contributed by atoms with Crippen molar-refractivity contribution in [3.63, 3.8) is 0 Å². The lowest BCUT2D eigenvalue weighted by Gasteiger charge is -2.08. The van der Waals surface area contributed by atoms with Crippen LogP contribution >= 0.6 is 11.8 Å². The van der Waals surface area contributed by atoms with E-state index in [-0.39, 0.29) is 5.56 Å². The van der Waals surface area contributed by atoms with Gasteiger partial charge >= 0.3 is 5.97 Å². The summed E-state index contributed by atoms with van der Waals surface area (Å²) in [5.41, 5.74) is 0.617. The second kappa shape index (κ2) is 6.76. The van der Waals surface area contributed by atoms with E-state index < -0.39 is 11.8 Å². The van der Waals surface area contributed by atoms with Gasteiger partial charge in [0, 0.05) is 22.9 Å². The molecule has 1 N–H and O–H groups in total. The third-order valence-electron chi connectivity index (χ3n) is 3.26. The van der Waals surface area contributed by atoms with E-state index in [0.29, 0.717) is 16.7 Å². The molecule has 21 heavy (non-hydrogen) atoms. The second-order valence-corrected chi connectivity index (χ2v) is 5.83. The zero-order chi connectivity index (χ0) is 15.4. The lowest BCUT2D eigenvalue weighted by atomic mass is 10.2. The molecule has 0 radical (unpaired) electrons. The Morgan fingerprint density at radius 3 is 2.90 bits per heavy atom. The van der Waals surface area contributed by atoms with Crippen molar-refractivity contribution in [2.45, 2.75) is 37.0 Å². The summed E-state index contributed by atoms with van der Waals surface area (Å²) in [6.45, 7) is 4.20. The summed E-state index contributed by atoms with van der Waals surface area (Å²) < 4.78 is 15.2. The first-order valence-electron chi connectivity index (χ1n) is 6.71. The van der Waals surface area contributed by atoms with Gasteiger partial charge in [-0.2, -0.15) is 5.10 Å². The predicted molar refractivity (Wildman–Crippen MR) is 80.1 cm³/mol. The molecule has 1 aromatic heterocycles. The smallest absolute Gasteiger partial charge is 0.338 e. The van der Waals surface area contributed by atoms with E-state index >= 15 is 0 Å². The van der Waals surface area contributed by atoms with E-state index in [1.165, 1.54) is 23.9 Å². The Morgan fingerprint density at radius 1 is 1.48 bits per heavy atom. The minimum atomic E-state index is -1.25. The zero-order valence-corrected chi connectivity index (χ0v) is 12.7. The van der Waals surface area contributed by atoms with Crippen molar-refractivity contribution in [3.05, 3.63) is 47.5 Å². The molecule has 0 fully saturated rings. The highest BCUT2D eigenvalue weighted by Gasteiger charge is 2.11. The molecule has 0 amide bonds. The minimum Gasteiger partial charge on any atom is -0.478 e. The number of nitrogens with zero attached hydrogens (tertiary/aromatic N) is 2. The van der Waals surface area contributed by atoms with E-state index in [0.717, 1.165) is 12.1 Å². The summed E-state index contributed by atoms with van der Waals surface area (Å²) in [6.07, 6.45) is 2.95. The number of carbonyl (C=O) groups is 1. The predicted octanol–water partition coefficient (Wildman–Crippen LogP) is 3.98. The zero-order valence-electron chi connectivity index (χ0n) is 11.9. The van der Waals surface area contributed by atoms with Gasteiger partial charge in [-0.1, -0.05) is 6.92 Å². The molecule has 0 aliphatic rings. The van der Waals surface area contributed by atoms with Crippen LogP contribution < -0.4 is 0 Å². The van der Waals surface area contributed by atoms with Crippen LogP contribution in [0.4, 0.5) is 4.39 Å². The Kier molecular flexibility index (Phi) is 5.01. The highest BCUT2D eigenvalue weighted by atomic mass is 32.2. The molecule has 0 aliphatic heterocycles. The van der Waals surface area contributed by atoms with Crippen molar-refractivity contribution in [1.82, 2.24) is 9.78 Å². The third-order valence-corrected chi connectivity index (χ3v) is 4.29. The summed E-state index contributed by atoms with van der Waals surface area (Å²) in [5, 5.41) is 13.4. The van der Waals surface area contributed by atoms with Crippen molar-refractivity contribution in [2.75, 3.05) is 0 Å². The Bertz CT molecular complexity index is 642. The molecule has 0 saturated carbocycles. The Morgan fingerprint density at radius 2 is 2.24 bits per heavy atom. The number of halogens is 1. The van der Waals surface area contributed by atoms with Crippen molar-refractivity contribution in [1.29, 1.82) is 0 Å². The van der Waals surface area contributed by atoms with Crippen LogP contribution in [0.3, 0.4) is 0 Å². The second-order valence-electron chi connectivity index (χ2n) is 4.78. The van der Waals surface area contributed by atoms with Crippen LogP contribution in [0, 0.1) is 5.82 Å². The number of aromatic carboxylic acids is 1. The molecule has 1 atom stereocenters. The van der Waals surface area contributed by atoms with E-state index in [1.54, 1.807) is 6.07 Å². The maximum absolute atomic E-state index is 13.3. The van der Waals surface area contributed by atoms with Crippen LogP contribution in [0.2, 0.25) is 0 Å². The molecule has 0 aliphatic carbocycles. The first-order valence-corrected chi connectivity index (χ1v) is 7.69. The quantitative estimate of drug-likeness (QED) is 0.820. The molecule has 0 spiro atoms. The van der Waals surface area contributed by atoms with Gasteiger partial charge in [-0.3, -0.25) is 4.68 Å². The van der Waals surface area contributed by atoms with Crippen LogP contribution in [0.15, 0.2) is 35.4 Å². The number of thioether (sulfide) groups is 1. The number of hydrogen-bond acceptors (Lipinski definition) is 3. The molecule has 1 unspecified atom stereocenters. The summed E-state index contributed by atoms with van der Waals surface area (Å²) in [4.78, 5) is 11.6. The molecular formula is C15H17FN2O2S. The Balaban J connectivity index is 2.04. The molecule has 112 valence electrons. The number of carboxylic acids is 1. The van der Waals surface area contributed by atoms with Crippen LogP contribution in [0.1, 0.15) is 42.4 Å². The molecule has 1 heterocycles. The Hall–Kier alpha value is -1.82. The number of rotatable bonds is 6. The molecule has 1 aromatic carbocycles. The molecule has 4 nitrogen and oxygen atoms in total. The van der Waals surface area contributed by atoms with Crippen molar-refractivity contribution in [2.24, 2.45) is 0 Å². The van der Waals surface area contributed by atoms with Crippen LogP contribution in [-0.2, 0) is 5.75 Å². The van der Waals surface area contributed by atoms with Gasteiger partial charge in [-0.15, -0.1) is 11.8 Å². The topological polar surface area (TPSA) is 55.1 Å². The normalized spacial score (nSPS) is 12.3. The minimum absolute atomic E-state index is 0.301. The first-order chi connectivity index (χ1) is 10.0. The average molecular weight is 308 g/mol. The molecule has 0 bridgehead atoms. The maximum atomic E-state index is 13.3. The van der Waals surface area contributed by atoms with Gasteiger partial charge in [-0.25, -0.2) is 9.18 Å². The molecule has 6 heteroatoms. The fraction of sp³-hybridized carbons (Fsp3) is 0.333. The van der Waals surface area contributed by atoms with Gasteiger partial charge in [0.05, 0.1) is 11.3 Å². The number of aromatic nitrogens is 2. The van der Waals surface area contributed by atoms with Gasteiger partial charge < -0.3 is 5.11 Å². The summed E-state index contributed by atoms with van der Waals surface area (Å²) in [5.74, 6) is -1.35. The highest BCUT2D eigenvalue weighted by Crippen LogP contribution is 2.24. The number of hydrogen-bond donors (Lipinski definition) is 1. The summed E-state index contributed by atoms with van der Waals surface area (Å²) in [7, 11) is 0. The Labute approximate surface area is 127 Å². The van der Waals surface area contributed by atoms with Crippen molar-refractivity contribution in [3.8, 4) is 0 Å². The molecule has 2 rings (SSSR count). The SMILES string of the molecule is CCC(C)n1ccc(CSc2ccc(F)c(C(=O)O)c2)n1. The number of benzene rings is 1. The largest absolute Gasteiger partial charge is 0.478 e. The van der Waals surface area contributed by atoms with Crippen molar-refractivity contribution >= 4 is 17.7 Å². The van der Waals surface area contributed by atoms with Gasteiger partial charge in [0.15, 0.2) is 0 Å². The van der Waals surface area contributed by atoms with Gasteiger partial charge in [0.1, 0.15) is 5.82 Å². The van der Waals surface area contributed by atoms with E-state index in [1.807, 2.05) is 16.9 Å².